The second-order valence-corrected chi connectivity index (χ2v) is 5.57. The number of urea groups is 1. The molecule has 6 heteroatoms. The third-order valence-corrected chi connectivity index (χ3v) is 3.65. The van der Waals surface area contributed by atoms with Crippen LogP contribution in [0, 0.1) is 0 Å². The van der Waals surface area contributed by atoms with E-state index in [9.17, 15) is 14.7 Å². The molecule has 0 spiro atoms. The zero-order valence-electron chi connectivity index (χ0n) is 12.1. The number of carboxylic acids is 1. The van der Waals surface area contributed by atoms with Gasteiger partial charge in [0, 0.05) is 18.7 Å². The number of para-hydroxylation sites is 1. The molecule has 1 aliphatic rings. The Bertz CT molecular complexity index is 544. The summed E-state index contributed by atoms with van der Waals surface area (Å²) in [7, 11) is 0. The van der Waals surface area contributed by atoms with E-state index >= 15 is 0 Å². The lowest BCUT2D eigenvalue weighted by molar-refractivity contribution is -0.141. The number of hydrogen-bond acceptors (Lipinski definition) is 3. The largest absolute Gasteiger partial charge is 0.480 e. The fourth-order valence-corrected chi connectivity index (χ4v) is 2.57. The van der Waals surface area contributed by atoms with Crippen LogP contribution >= 0.6 is 0 Å². The maximum Gasteiger partial charge on any atom is 0.326 e. The van der Waals surface area contributed by atoms with E-state index in [2.05, 4.69) is 5.32 Å². The number of likely N-dealkylation sites (tertiary alicyclic amines) is 1. The topological polar surface area (TPSA) is 89.9 Å². The van der Waals surface area contributed by atoms with Crippen molar-refractivity contribution < 1.29 is 19.8 Å². The van der Waals surface area contributed by atoms with Crippen molar-refractivity contribution in [3.63, 3.8) is 0 Å². The van der Waals surface area contributed by atoms with Gasteiger partial charge in [-0.15, -0.1) is 0 Å². The molecule has 1 aromatic carbocycles. The van der Waals surface area contributed by atoms with Crippen molar-refractivity contribution in [3.8, 4) is 0 Å². The van der Waals surface area contributed by atoms with Gasteiger partial charge in [-0.2, -0.15) is 0 Å². The highest BCUT2D eigenvalue weighted by Crippen LogP contribution is 2.25. The van der Waals surface area contributed by atoms with Gasteiger partial charge in [-0.25, -0.2) is 9.59 Å². The molecule has 3 N–H and O–H groups in total. The van der Waals surface area contributed by atoms with Crippen molar-refractivity contribution in [1.82, 2.24) is 4.90 Å². The number of aliphatic hydroxyl groups is 1. The molecule has 0 radical (unpaired) electrons. The molecule has 2 rings (SSSR count). The molecule has 0 unspecified atom stereocenters. The van der Waals surface area contributed by atoms with E-state index in [0.29, 0.717) is 5.69 Å². The standard InChI is InChI=1S/C15H20N2O4/c1-9(2)11-5-3-4-6-12(11)16-15(21)17-8-10(18)7-13(17)14(19)20/h3-6,9-10,13,18H,7-8H2,1-2H3,(H,16,21)(H,19,20)/t10-,13-/m0/s1. The highest BCUT2D eigenvalue weighted by Gasteiger charge is 2.39. The van der Waals surface area contributed by atoms with E-state index < -0.39 is 24.1 Å². The Balaban J connectivity index is 2.16. The second kappa shape index (κ2) is 6.13. The molecular formula is C15H20N2O4. The number of amides is 2. The first-order valence-electron chi connectivity index (χ1n) is 6.97. The lowest BCUT2D eigenvalue weighted by Crippen LogP contribution is -2.43. The van der Waals surface area contributed by atoms with E-state index in [1.165, 1.54) is 4.90 Å². The number of aliphatic hydroxyl groups excluding tert-OH is 1. The molecule has 2 amide bonds. The van der Waals surface area contributed by atoms with Gasteiger partial charge in [0.2, 0.25) is 0 Å². The first-order valence-corrected chi connectivity index (χ1v) is 6.97. The van der Waals surface area contributed by atoms with Crippen molar-refractivity contribution in [2.24, 2.45) is 0 Å². The van der Waals surface area contributed by atoms with Crippen LogP contribution in [0.2, 0.25) is 0 Å². The Morgan fingerprint density at radius 2 is 2.00 bits per heavy atom. The van der Waals surface area contributed by atoms with Crippen molar-refractivity contribution in [3.05, 3.63) is 29.8 Å². The molecule has 1 saturated heterocycles. The summed E-state index contributed by atoms with van der Waals surface area (Å²) < 4.78 is 0. The summed E-state index contributed by atoms with van der Waals surface area (Å²) in [5.74, 6) is -0.861. The van der Waals surface area contributed by atoms with Crippen molar-refractivity contribution >= 4 is 17.7 Å². The maximum atomic E-state index is 12.3. The van der Waals surface area contributed by atoms with E-state index in [0.717, 1.165) is 5.56 Å². The van der Waals surface area contributed by atoms with Gasteiger partial charge in [0.15, 0.2) is 0 Å². The smallest absolute Gasteiger partial charge is 0.326 e. The van der Waals surface area contributed by atoms with Crippen LogP contribution in [-0.2, 0) is 4.79 Å². The number of hydrogen-bond donors (Lipinski definition) is 3. The highest BCUT2D eigenvalue weighted by molar-refractivity contribution is 5.93. The average Bonchev–Trinajstić information content (AvgIpc) is 2.81. The maximum absolute atomic E-state index is 12.3. The van der Waals surface area contributed by atoms with Gasteiger partial charge in [-0.05, 0) is 17.5 Å². The third-order valence-electron chi connectivity index (χ3n) is 3.65. The van der Waals surface area contributed by atoms with Crippen LogP contribution in [0.5, 0.6) is 0 Å². The van der Waals surface area contributed by atoms with Gasteiger partial charge < -0.3 is 20.4 Å². The molecule has 114 valence electrons. The fraction of sp³-hybridized carbons (Fsp3) is 0.467. The van der Waals surface area contributed by atoms with Crippen molar-refractivity contribution in [2.45, 2.75) is 38.3 Å². The van der Waals surface area contributed by atoms with Gasteiger partial charge in [-0.3, -0.25) is 0 Å². The monoisotopic (exact) mass is 292 g/mol. The third kappa shape index (κ3) is 3.33. The molecular weight excluding hydrogens is 272 g/mol. The molecule has 1 aromatic rings. The summed E-state index contributed by atoms with van der Waals surface area (Å²) in [5, 5.41) is 21.5. The van der Waals surface area contributed by atoms with Crippen LogP contribution in [-0.4, -0.2) is 45.8 Å². The number of rotatable bonds is 3. The summed E-state index contributed by atoms with van der Waals surface area (Å²) in [6, 6.07) is 5.95. The van der Waals surface area contributed by atoms with Gasteiger partial charge >= 0.3 is 12.0 Å². The zero-order chi connectivity index (χ0) is 15.6. The van der Waals surface area contributed by atoms with Crippen LogP contribution in [0.4, 0.5) is 10.5 Å². The summed E-state index contributed by atoms with van der Waals surface area (Å²) in [4.78, 5) is 24.6. The van der Waals surface area contributed by atoms with E-state index in [1.54, 1.807) is 6.07 Å². The number of carbonyl (C=O) groups excluding carboxylic acids is 1. The van der Waals surface area contributed by atoms with E-state index in [1.807, 2.05) is 32.0 Å². The number of carbonyl (C=O) groups is 2. The minimum absolute atomic E-state index is 0.0344. The Kier molecular flexibility index (Phi) is 4.47. The minimum Gasteiger partial charge on any atom is -0.480 e. The van der Waals surface area contributed by atoms with Crippen LogP contribution < -0.4 is 5.32 Å². The quantitative estimate of drug-likeness (QED) is 0.793. The predicted octanol–water partition coefficient (Wildman–Crippen LogP) is 1.86. The number of nitrogens with zero attached hydrogens (tertiary/aromatic N) is 1. The van der Waals surface area contributed by atoms with Crippen LogP contribution in [0.15, 0.2) is 24.3 Å². The molecule has 21 heavy (non-hydrogen) atoms. The predicted molar refractivity (Wildman–Crippen MR) is 78.3 cm³/mol. The highest BCUT2D eigenvalue weighted by atomic mass is 16.4. The molecule has 0 saturated carbocycles. The number of anilines is 1. The summed E-state index contributed by atoms with van der Waals surface area (Å²) >= 11 is 0. The Hall–Kier alpha value is -2.08. The van der Waals surface area contributed by atoms with E-state index in [4.69, 9.17) is 5.11 Å². The van der Waals surface area contributed by atoms with Crippen LogP contribution in [0.25, 0.3) is 0 Å². The lowest BCUT2D eigenvalue weighted by Gasteiger charge is -2.23. The Labute approximate surface area is 123 Å². The summed E-state index contributed by atoms with van der Waals surface area (Å²) in [6.45, 7) is 4.07. The number of aliphatic carboxylic acids is 1. The van der Waals surface area contributed by atoms with Gasteiger partial charge in [0.1, 0.15) is 6.04 Å². The fourth-order valence-electron chi connectivity index (χ4n) is 2.57. The molecule has 0 aliphatic carbocycles. The first-order chi connectivity index (χ1) is 9.90. The van der Waals surface area contributed by atoms with Gasteiger partial charge in [0.05, 0.1) is 6.10 Å². The first kappa shape index (κ1) is 15.3. The molecule has 0 aromatic heterocycles. The van der Waals surface area contributed by atoms with Crippen LogP contribution in [0.1, 0.15) is 31.7 Å². The molecule has 1 aliphatic heterocycles. The van der Waals surface area contributed by atoms with Crippen LogP contribution in [0.3, 0.4) is 0 Å². The number of benzene rings is 1. The Morgan fingerprint density at radius 3 is 2.62 bits per heavy atom. The zero-order valence-corrected chi connectivity index (χ0v) is 12.1. The molecule has 1 fully saturated rings. The molecule has 1 heterocycles. The Morgan fingerprint density at radius 1 is 1.33 bits per heavy atom. The van der Waals surface area contributed by atoms with Crippen molar-refractivity contribution in [1.29, 1.82) is 0 Å². The number of carboxylic acid groups (broad SMARTS) is 1. The average molecular weight is 292 g/mol. The minimum atomic E-state index is -1.10. The lowest BCUT2D eigenvalue weighted by atomic mass is 10.0. The van der Waals surface area contributed by atoms with Gasteiger partial charge in [-0.1, -0.05) is 32.0 Å². The summed E-state index contributed by atoms with van der Waals surface area (Å²) in [6.07, 6.45) is -0.730. The normalized spacial score (nSPS) is 21.6. The second-order valence-electron chi connectivity index (χ2n) is 5.57. The SMILES string of the molecule is CC(C)c1ccccc1NC(=O)N1C[C@@H](O)C[C@H]1C(=O)O. The summed E-state index contributed by atoms with van der Waals surface area (Å²) in [5.41, 5.74) is 1.65. The molecule has 6 nitrogen and oxygen atoms in total. The van der Waals surface area contributed by atoms with E-state index in [-0.39, 0.29) is 18.9 Å². The van der Waals surface area contributed by atoms with Crippen molar-refractivity contribution in [2.75, 3.05) is 11.9 Å². The number of β-amino-alcohol motifs (C(OH)–C–C–N with tert-alkyl or cyclic N) is 1. The molecule has 2 atom stereocenters. The molecule has 0 bridgehead atoms. The number of nitrogens with one attached hydrogen (secondary N) is 1. The van der Waals surface area contributed by atoms with Gasteiger partial charge in [0.25, 0.3) is 0 Å².